The lowest BCUT2D eigenvalue weighted by Gasteiger charge is -2.49. The van der Waals surface area contributed by atoms with E-state index >= 15 is 0 Å². The quantitative estimate of drug-likeness (QED) is 0.0778. The third kappa shape index (κ3) is 5.78. The number of pyridine rings is 1. The minimum absolute atomic E-state index is 0.0923. The Labute approximate surface area is 217 Å². The van der Waals surface area contributed by atoms with Crippen molar-refractivity contribution in [2.24, 2.45) is 5.16 Å². The monoisotopic (exact) mass is 545 g/mol. The molecule has 4 heterocycles. The van der Waals surface area contributed by atoms with E-state index < -0.39 is 35.2 Å². The highest BCUT2D eigenvalue weighted by Crippen LogP contribution is 2.40. The van der Waals surface area contributed by atoms with E-state index in [9.17, 15) is 24.3 Å². The Hall–Kier alpha value is -4.24. The van der Waals surface area contributed by atoms with E-state index in [-0.39, 0.29) is 28.8 Å². The van der Waals surface area contributed by atoms with Gasteiger partial charge in [0.1, 0.15) is 29.4 Å². The Bertz CT molecular complexity index is 1320. The van der Waals surface area contributed by atoms with Gasteiger partial charge in [0.15, 0.2) is 29.8 Å². The van der Waals surface area contributed by atoms with E-state index in [0.717, 1.165) is 17.4 Å². The van der Waals surface area contributed by atoms with Gasteiger partial charge in [-0.3, -0.25) is 14.5 Å². The predicted molar refractivity (Wildman–Crippen MR) is 132 cm³/mol. The summed E-state index contributed by atoms with van der Waals surface area (Å²) in [5, 5.41) is 25.9. The van der Waals surface area contributed by atoms with Crippen LogP contribution in [0, 0.1) is 0 Å². The van der Waals surface area contributed by atoms with Crippen molar-refractivity contribution < 1.29 is 38.8 Å². The van der Waals surface area contributed by atoms with Gasteiger partial charge in [-0.1, -0.05) is 11.2 Å². The summed E-state index contributed by atoms with van der Waals surface area (Å²) in [6, 6.07) is 4.49. The summed E-state index contributed by atoms with van der Waals surface area (Å²) < 4.78 is 1.82. The second-order valence-electron chi connectivity index (χ2n) is 7.71. The molecule has 0 radical (unpaired) electrons. The number of oxime groups is 1. The lowest BCUT2D eigenvalue weighted by molar-refractivity contribution is -0.689. The maximum atomic E-state index is 13.0. The number of hydrogen-bond donors (Lipinski definition) is 4. The van der Waals surface area contributed by atoms with Crippen LogP contribution in [-0.2, 0) is 30.6 Å². The smallest absolute Gasteiger partial charge is 0.352 e. The minimum Gasteiger partial charge on any atom is -0.478 e. The number of nitrogen functional groups attached to an aromatic ring is 1. The van der Waals surface area contributed by atoms with Gasteiger partial charge in [0.25, 0.3) is 11.8 Å². The standard InChI is InChI=1S/C22H20N6O7S2/c23-22-24-13(11-37-22)15(26-35-8-4-5-14(29)30)18(31)25-16-19(32)28-17(21(33)34)12(10-36-20(16)28)9-27-6-2-1-3-7-27/h1-7,11,16,20H,8-10H2,(H4-,23,24,25,29,30,31,33,34)/p+1/t16?,20-/m0/s1. The van der Waals surface area contributed by atoms with Gasteiger partial charge in [-0.25, -0.2) is 19.1 Å². The van der Waals surface area contributed by atoms with Crippen LogP contribution >= 0.6 is 23.1 Å². The molecule has 2 aliphatic heterocycles. The van der Waals surface area contributed by atoms with Crippen molar-refractivity contribution in [3.63, 3.8) is 0 Å². The first-order valence-electron chi connectivity index (χ1n) is 10.7. The number of nitrogens with zero attached hydrogens (tertiary/aromatic N) is 4. The van der Waals surface area contributed by atoms with E-state index in [1.165, 1.54) is 28.1 Å². The number of carboxylic acid groups (broad SMARTS) is 2. The molecule has 1 fully saturated rings. The Morgan fingerprint density at radius 2 is 2.05 bits per heavy atom. The number of β-lactam (4-membered cyclic amide) rings is 1. The van der Waals surface area contributed by atoms with Crippen LogP contribution in [-0.4, -0.2) is 73.3 Å². The zero-order valence-electron chi connectivity index (χ0n) is 19.0. The summed E-state index contributed by atoms with van der Waals surface area (Å²) in [6.07, 6.45) is 5.65. The van der Waals surface area contributed by atoms with Crippen LogP contribution in [0.1, 0.15) is 5.69 Å². The number of nitrogens with two attached hydrogens (primary N) is 1. The summed E-state index contributed by atoms with van der Waals surface area (Å²) >= 11 is 2.41. The SMILES string of the molecule is Nc1nc(C(=NOCC=CC(=O)O)C(=O)NC2C(=O)N3C(C(=O)O)=C(C[n+]4ccccc4)CS[C@@H]23)cs1. The first kappa shape index (κ1) is 25.8. The Balaban J connectivity index is 1.50. The van der Waals surface area contributed by atoms with Crippen LogP contribution < -0.4 is 15.6 Å². The topological polar surface area (TPSA) is 188 Å². The van der Waals surface area contributed by atoms with Crippen molar-refractivity contribution in [2.45, 2.75) is 18.0 Å². The third-order valence-electron chi connectivity index (χ3n) is 5.25. The number of carbonyl (C=O) groups is 4. The molecule has 13 nitrogen and oxygen atoms in total. The van der Waals surface area contributed by atoms with Crippen molar-refractivity contribution in [1.29, 1.82) is 0 Å². The highest BCUT2D eigenvalue weighted by atomic mass is 32.2. The lowest BCUT2D eigenvalue weighted by atomic mass is 10.0. The molecule has 15 heteroatoms. The average Bonchev–Trinajstić information content (AvgIpc) is 3.30. The molecule has 2 aromatic heterocycles. The van der Waals surface area contributed by atoms with E-state index in [4.69, 9.17) is 15.7 Å². The van der Waals surface area contributed by atoms with Gasteiger partial charge in [-0.2, -0.15) is 0 Å². The van der Waals surface area contributed by atoms with E-state index in [0.29, 0.717) is 17.9 Å². The lowest BCUT2D eigenvalue weighted by Crippen LogP contribution is -2.71. The van der Waals surface area contributed by atoms with Gasteiger partial charge < -0.3 is 26.1 Å². The number of fused-ring (bicyclic) bond motifs is 1. The van der Waals surface area contributed by atoms with Crippen LogP contribution in [0.3, 0.4) is 0 Å². The number of aliphatic carboxylic acids is 2. The fourth-order valence-corrected chi connectivity index (χ4v) is 5.55. The molecule has 37 heavy (non-hydrogen) atoms. The maximum absolute atomic E-state index is 13.0. The first-order chi connectivity index (χ1) is 17.8. The van der Waals surface area contributed by atoms with Crippen molar-refractivity contribution in [2.75, 3.05) is 18.1 Å². The molecule has 4 rings (SSSR count). The Kier molecular flexibility index (Phi) is 7.83. The number of anilines is 1. The molecule has 1 saturated heterocycles. The molecular formula is C22H21N6O7S2+. The van der Waals surface area contributed by atoms with E-state index in [1.807, 2.05) is 22.8 Å². The molecule has 0 aromatic carbocycles. The highest BCUT2D eigenvalue weighted by Gasteiger charge is 2.54. The number of nitrogens with one attached hydrogen (secondary N) is 1. The van der Waals surface area contributed by atoms with Crippen molar-refractivity contribution in [3.05, 3.63) is 65.1 Å². The second kappa shape index (κ2) is 11.2. The molecule has 5 N–H and O–H groups in total. The van der Waals surface area contributed by atoms with Gasteiger partial charge in [-0.15, -0.1) is 23.1 Å². The fraction of sp³-hybridized carbons (Fsp3) is 0.227. The van der Waals surface area contributed by atoms with Gasteiger partial charge in [0.2, 0.25) is 0 Å². The first-order valence-corrected chi connectivity index (χ1v) is 12.6. The predicted octanol–water partition coefficient (Wildman–Crippen LogP) is -0.187. The summed E-state index contributed by atoms with van der Waals surface area (Å²) in [5.41, 5.74) is 5.99. The number of carboxylic acids is 2. The Morgan fingerprint density at radius 1 is 1.30 bits per heavy atom. The number of thiazole rings is 1. The largest absolute Gasteiger partial charge is 0.478 e. The summed E-state index contributed by atoms with van der Waals surface area (Å²) in [7, 11) is 0. The molecule has 2 aliphatic rings. The van der Waals surface area contributed by atoms with Crippen molar-refractivity contribution in [3.8, 4) is 0 Å². The summed E-state index contributed by atoms with van der Waals surface area (Å²) in [6.45, 7) is 0.0744. The maximum Gasteiger partial charge on any atom is 0.352 e. The molecule has 1 unspecified atom stereocenters. The number of carbonyl (C=O) groups excluding carboxylic acids is 2. The number of thioether (sulfide) groups is 1. The molecule has 192 valence electrons. The van der Waals surface area contributed by atoms with E-state index in [2.05, 4.69) is 15.5 Å². The zero-order valence-corrected chi connectivity index (χ0v) is 20.6. The molecule has 0 saturated carbocycles. The number of hydrogen-bond acceptors (Lipinski definition) is 10. The molecule has 0 spiro atoms. The van der Waals surface area contributed by atoms with Crippen LogP contribution in [0.25, 0.3) is 0 Å². The molecular weight excluding hydrogens is 524 g/mol. The average molecular weight is 546 g/mol. The summed E-state index contributed by atoms with van der Waals surface area (Å²) in [4.78, 5) is 58.9. The fourth-order valence-electron chi connectivity index (χ4n) is 3.67. The highest BCUT2D eigenvalue weighted by molar-refractivity contribution is 8.00. The second-order valence-corrected chi connectivity index (χ2v) is 9.71. The Morgan fingerprint density at radius 3 is 2.70 bits per heavy atom. The van der Waals surface area contributed by atoms with Gasteiger partial charge >= 0.3 is 11.9 Å². The zero-order chi connectivity index (χ0) is 26.5. The molecule has 0 bridgehead atoms. The third-order valence-corrected chi connectivity index (χ3v) is 7.27. The van der Waals surface area contributed by atoms with Crippen LogP contribution in [0.2, 0.25) is 0 Å². The van der Waals surface area contributed by atoms with Crippen LogP contribution in [0.15, 0.2) is 64.6 Å². The number of rotatable bonds is 10. The van der Waals surface area contributed by atoms with Gasteiger partial charge in [-0.05, 0) is 6.08 Å². The van der Waals surface area contributed by atoms with Crippen molar-refractivity contribution >= 4 is 57.7 Å². The van der Waals surface area contributed by atoms with Crippen LogP contribution in [0.4, 0.5) is 5.13 Å². The van der Waals surface area contributed by atoms with E-state index in [1.54, 1.807) is 12.4 Å². The molecule has 2 amide bonds. The van der Waals surface area contributed by atoms with Crippen LogP contribution in [0.5, 0.6) is 0 Å². The molecule has 2 aromatic rings. The van der Waals surface area contributed by atoms with Gasteiger partial charge in [0, 0.05) is 34.9 Å². The van der Waals surface area contributed by atoms with Crippen molar-refractivity contribution in [1.82, 2.24) is 15.2 Å². The van der Waals surface area contributed by atoms with Gasteiger partial charge in [0.05, 0.1) is 0 Å². The normalized spacial score (nSPS) is 19.4. The number of aromatic nitrogens is 2. The minimum atomic E-state index is -1.22. The number of amides is 2. The molecule has 0 aliphatic carbocycles. The summed E-state index contributed by atoms with van der Waals surface area (Å²) in [5.74, 6) is -3.39. The molecule has 2 atom stereocenters.